The van der Waals surface area contributed by atoms with Crippen molar-refractivity contribution in [3.8, 4) is 0 Å². The van der Waals surface area contributed by atoms with Crippen LogP contribution in [0.2, 0.25) is 0 Å². The number of aryl methyl sites for hydroxylation is 1. The number of rotatable bonds is 5. The van der Waals surface area contributed by atoms with Gasteiger partial charge in [-0.3, -0.25) is 9.59 Å². The molecule has 0 bridgehead atoms. The molecule has 0 spiro atoms. The van der Waals surface area contributed by atoms with Crippen molar-refractivity contribution in [3.63, 3.8) is 0 Å². The molecule has 1 aromatic rings. The van der Waals surface area contributed by atoms with Crippen molar-refractivity contribution in [2.45, 2.75) is 33.3 Å². The lowest BCUT2D eigenvalue weighted by molar-refractivity contribution is -0.147. The summed E-state index contributed by atoms with van der Waals surface area (Å²) in [6, 6.07) is 3.67. The van der Waals surface area contributed by atoms with Crippen molar-refractivity contribution in [1.29, 1.82) is 0 Å². The van der Waals surface area contributed by atoms with Gasteiger partial charge in [-0.1, -0.05) is 0 Å². The minimum absolute atomic E-state index is 0.113. The summed E-state index contributed by atoms with van der Waals surface area (Å²) in [5.41, 5.74) is 0. The first kappa shape index (κ1) is 13.7. The SMILES string of the molecule is Cc1ccc(C(=O)NCCC(=O)OC(C)C)s1. The van der Waals surface area contributed by atoms with Gasteiger partial charge in [-0.25, -0.2) is 0 Å². The maximum Gasteiger partial charge on any atom is 0.307 e. The average Bonchev–Trinajstić information content (AvgIpc) is 2.63. The zero-order valence-electron chi connectivity index (χ0n) is 10.3. The van der Waals surface area contributed by atoms with Crippen molar-refractivity contribution in [3.05, 3.63) is 21.9 Å². The van der Waals surface area contributed by atoms with Crippen molar-refractivity contribution in [2.24, 2.45) is 0 Å². The van der Waals surface area contributed by atoms with Gasteiger partial charge in [0.05, 0.1) is 17.4 Å². The highest BCUT2D eigenvalue weighted by atomic mass is 32.1. The molecule has 94 valence electrons. The second-order valence-corrected chi connectivity index (χ2v) is 5.24. The molecule has 0 saturated heterocycles. The molecule has 0 unspecified atom stereocenters. The van der Waals surface area contributed by atoms with Crippen LogP contribution in [0.4, 0.5) is 0 Å². The van der Waals surface area contributed by atoms with Crippen LogP contribution in [-0.4, -0.2) is 24.5 Å². The lowest BCUT2D eigenvalue weighted by atomic mass is 10.4. The number of esters is 1. The summed E-state index contributed by atoms with van der Waals surface area (Å²) in [4.78, 5) is 24.6. The third kappa shape index (κ3) is 4.99. The van der Waals surface area contributed by atoms with Gasteiger partial charge in [-0.15, -0.1) is 11.3 Å². The van der Waals surface area contributed by atoms with Gasteiger partial charge in [0.25, 0.3) is 5.91 Å². The quantitative estimate of drug-likeness (QED) is 0.820. The topological polar surface area (TPSA) is 55.4 Å². The summed E-state index contributed by atoms with van der Waals surface area (Å²) < 4.78 is 4.95. The van der Waals surface area contributed by atoms with E-state index in [9.17, 15) is 9.59 Å². The van der Waals surface area contributed by atoms with Gasteiger partial charge in [-0.2, -0.15) is 0 Å². The second-order valence-electron chi connectivity index (χ2n) is 3.95. The fraction of sp³-hybridized carbons (Fsp3) is 0.500. The normalized spacial score (nSPS) is 10.4. The minimum atomic E-state index is -0.289. The third-order valence-electron chi connectivity index (χ3n) is 1.95. The van der Waals surface area contributed by atoms with E-state index in [1.807, 2.05) is 13.0 Å². The number of nitrogens with one attached hydrogen (secondary N) is 1. The monoisotopic (exact) mass is 255 g/mol. The Kier molecular flexibility index (Phi) is 5.15. The Morgan fingerprint density at radius 1 is 1.41 bits per heavy atom. The fourth-order valence-electron chi connectivity index (χ4n) is 1.24. The molecule has 0 aromatic carbocycles. The molecule has 1 N–H and O–H groups in total. The van der Waals surface area contributed by atoms with Gasteiger partial charge >= 0.3 is 5.97 Å². The Morgan fingerprint density at radius 3 is 2.65 bits per heavy atom. The average molecular weight is 255 g/mol. The molecule has 0 radical (unpaired) electrons. The summed E-state index contributed by atoms with van der Waals surface area (Å²) in [6.07, 6.45) is 0.0898. The van der Waals surface area contributed by atoms with Gasteiger partial charge in [0, 0.05) is 11.4 Å². The van der Waals surface area contributed by atoms with Crippen molar-refractivity contribution in [1.82, 2.24) is 5.32 Å². The molecule has 0 saturated carbocycles. The van der Waals surface area contributed by atoms with Gasteiger partial charge in [0.2, 0.25) is 0 Å². The molecule has 1 aromatic heterocycles. The van der Waals surface area contributed by atoms with Gasteiger partial charge in [0.1, 0.15) is 0 Å². The van der Waals surface area contributed by atoms with Crippen LogP contribution in [0.5, 0.6) is 0 Å². The summed E-state index contributed by atoms with van der Waals surface area (Å²) in [5.74, 6) is -0.428. The number of hydrogen-bond acceptors (Lipinski definition) is 4. The molecule has 1 heterocycles. The molecular formula is C12H17NO3S. The summed E-state index contributed by atoms with van der Waals surface area (Å²) in [7, 11) is 0. The first-order valence-corrected chi connectivity index (χ1v) is 6.35. The van der Waals surface area contributed by atoms with Crippen LogP contribution < -0.4 is 5.32 Å². The van der Waals surface area contributed by atoms with Crippen LogP contribution >= 0.6 is 11.3 Å². The molecule has 5 heteroatoms. The van der Waals surface area contributed by atoms with Crippen molar-refractivity contribution < 1.29 is 14.3 Å². The Morgan fingerprint density at radius 2 is 2.12 bits per heavy atom. The Bertz CT molecular complexity index is 398. The summed E-state index contributed by atoms with van der Waals surface area (Å²) >= 11 is 1.44. The largest absolute Gasteiger partial charge is 0.463 e. The van der Waals surface area contributed by atoms with Gasteiger partial charge < -0.3 is 10.1 Å². The summed E-state index contributed by atoms with van der Waals surface area (Å²) in [6.45, 7) is 5.85. The lowest BCUT2D eigenvalue weighted by Crippen LogP contribution is -2.26. The molecule has 0 aliphatic carbocycles. The van der Waals surface area contributed by atoms with Crippen molar-refractivity contribution in [2.75, 3.05) is 6.54 Å². The molecule has 4 nitrogen and oxygen atoms in total. The Labute approximate surface area is 105 Å². The van der Waals surface area contributed by atoms with Crippen LogP contribution in [0.1, 0.15) is 34.8 Å². The van der Waals surface area contributed by atoms with Gasteiger partial charge in [0.15, 0.2) is 0 Å². The number of ether oxygens (including phenoxy) is 1. The molecule has 17 heavy (non-hydrogen) atoms. The van der Waals surface area contributed by atoms with Crippen molar-refractivity contribution >= 4 is 23.2 Å². The van der Waals surface area contributed by atoms with Crippen LogP contribution in [-0.2, 0) is 9.53 Å². The molecule has 0 fully saturated rings. The fourth-order valence-corrected chi connectivity index (χ4v) is 2.03. The predicted octanol–water partition coefficient (Wildman–Crippen LogP) is 2.13. The number of hydrogen-bond donors (Lipinski definition) is 1. The van der Waals surface area contributed by atoms with Crippen LogP contribution in [0.3, 0.4) is 0 Å². The number of carbonyl (C=O) groups is 2. The van der Waals surface area contributed by atoms with E-state index in [2.05, 4.69) is 5.32 Å². The van der Waals surface area contributed by atoms with E-state index in [1.165, 1.54) is 11.3 Å². The lowest BCUT2D eigenvalue weighted by Gasteiger charge is -2.07. The van der Waals surface area contributed by atoms with E-state index < -0.39 is 0 Å². The zero-order chi connectivity index (χ0) is 12.8. The van der Waals surface area contributed by atoms with Crippen LogP contribution in [0.15, 0.2) is 12.1 Å². The van der Waals surface area contributed by atoms with E-state index in [-0.39, 0.29) is 24.4 Å². The summed E-state index contributed by atoms with van der Waals surface area (Å²) in [5, 5.41) is 2.69. The highest BCUT2D eigenvalue weighted by Gasteiger charge is 2.09. The first-order valence-electron chi connectivity index (χ1n) is 5.53. The second kappa shape index (κ2) is 6.39. The standard InChI is InChI=1S/C12H17NO3S/c1-8(2)16-11(14)6-7-13-12(15)10-5-4-9(3)17-10/h4-5,8H,6-7H2,1-3H3,(H,13,15). The maximum atomic E-state index is 11.6. The van der Waals surface area contributed by atoms with Crippen LogP contribution in [0, 0.1) is 6.92 Å². The first-order chi connectivity index (χ1) is 7.99. The number of carbonyl (C=O) groups excluding carboxylic acids is 2. The smallest absolute Gasteiger partial charge is 0.307 e. The van der Waals surface area contributed by atoms with E-state index >= 15 is 0 Å². The molecule has 1 amide bonds. The zero-order valence-corrected chi connectivity index (χ0v) is 11.1. The third-order valence-corrected chi connectivity index (χ3v) is 2.95. The molecule has 0 atom stereocenters. The molecule has 0 aliphatic rings. The van der Waals surface area contributed by atoms with E-state index in [4.69, 9.17) is 4.74 Å². The predicted molar refractivity (Wildman–Crippen MR) is 67.2 cm³/mol. The minimum Gasteiger partial charge on any atom is -0.463 e. The highest BCUT2D eigenvalue weighted by Crippen LogP contribution is 2.14. The number of thiophene rings is 1. The highest BCUT2D eigenvalue weighted by molar-refractivity contribution is 7.13. The maximum absolute atomic E-state index is 11.6. The van der Waals surface area contributed by atoms with Gasteiger partial charge in [-0.05, 0) is 32.9 Å². The van der Waals surface area contributed by atoms with E-state index in [1.54, 1.807) is 19.9 Å². The Balaban J connectivity index is 2.27. The molecular weight excluding hydrogens is 238 g/mol. The van der Waals surface area contributed by atoms with E-state index in [0.717, 1.165) is 4.88 Å². The van der Waals surface area contributed by atoms with Crippen LogP contribution in [0.25, 0.3) is 0 Å². The Hall–Kier alpha value is -1.36. The number of amides is 1. The molecule has 0 aliphatic heterocycles. The molecule has 1 rings (SSSR count). The van der Waals surface area contributed by atoms with E-state index in [0.29, 0.717) is 11.4 Å².